The topological polar surface area (TPSA) is 76.4 Å². The number of aromatic nitrogens is 3. The molecule has 160 valence electrons. The Kier molecular flexibility index (Phi) is 8.73. The number of nitrogens with zero attached hydrogens (tertiary/aromatic N) is 4. The molecule has 0 saturated carbocycles. The zero-order valence-corrected chi connectivity index (χ0v) is 20.3. The van der Waals surface area contributed by atoms with Gasteiger partial charge in [-0.25, -0.2) is 9.67 Å². The molecule has 3 rings (SSSR count). The predicted octanol–water partition coefficient (Wildman–Crippen LogP) is 3.28. The van der Waals surface area contributed by atoms with Gasteiger partial charge in [-0.3, -0.25) is 4.99 Å². The second-order valence-electron chi connectivity index (χ2n) is 7.75. The maximum absolute atomic E-state index is 6.03. The Bertz CT molecular complexity index is 819. The number of fused-ring (bicyclic) bond motifs is 1. The molecule has 1 aromatic carbocycles. The van der Waals surface area contributed by atoms with Crippen molar-refractivity contribution in [1.29, 1.82) is 0 Å². The minimum Gasteiger partial charge on any atom is -0.489 e. The van der Waals surface area contributed by atoms with E-state index in [2.05, 4.69) is 59.5 Å². The van der Waals surface area contributed by atoms with Gasteiger partial charge in [-0.2, -0.15) is 5.10 Å². The minimum atomic E-state index is 0. The van der Waals surface area contributed by atoms with Crippen LogP contribution in [0.4, 0.5) is 0 Å². The summed E-state index contributed by atoms with van der Waals surface area (Å²) < 4.78 is 8.07. The van der Waals surface area contributed by atoms with Gasteiger partial charge in [0.2, 0.25) is 0 Å². The highest BCUT2D eigenvalue weighted by Crippen LogP contribution is 2.18. The van der Waals surface area contributed by atoms with Crippen molar-refractivity contribution >= 4 is 29.9 Å². The van der Waals surface area contributed by atoms with Gasteiger partial charge in [0, 0.05) is 25.4 Å². The molecule has 0 radical (unpaired) electrons. The number of para-hydroxylation sites is 1. The smallest absolute Gasteiger partial charge is 0.191 e. The van der Waals surface area contributed by atoms with Gasteiger partial charge in [0.25, 0.3) is 0 Å². The lowest BCUT2D eigenvalue weighted by Crippen LogP contribution is -2.48. The van der Waals surface area contributed by atoms with Crippen LogP contribution in [-0.2, 0) is 13.0 Å². The Hall–Kier alpha value is -1.84. The van der Waals surface area contributed by atoms with E-state index in [1.54, 1.807) is 7.05 Å². The SMILES string of the molecule is CN=C(NCC(C)Oc1ccccc1C)NC1CCc2nc(C(C)C)nn2C1.I. The molecule has 1 aliphatic heterocycles. The molecule has 2 heterocycles. The van der Waals surface area contributed by atoms with Crippen molar-refractivity contribution < 1.29 is 4.74 Å². The number of aryl methyl sites for hydroxylation is 2. The number of hydrogen-bond donors (Lipinski definition) is 2. The molecule has 0 bridgehead atoms. The van der Waals surface area contributed by atoms with Crippen molar-refractivity contribution in [2.45, 2.75) is 65.1 Å². The van der Waals surface area contributed by atoms with Crippen LogP contribution in [0.15, 0.2) is 29.3 Å². The lowest BCUT2D eigenvalue weighted by Gasteiger charge is -2.26. The number of ether oxygens (including phenoxy) is 1. The summed E-state index contributed by atoms with van der Waals surface area (Å²) in [6.45, 7) is 9.86. The molecule has 2 N–H and O–H groups in total. The molecule has 0 spiro atoms. The molecule has 0 fully saturated rings. The number of nitrogens with one attached hydrogen (secondary N) is 2. The lowest BCUT2D eigenvalue weighted by molar-refractivity contribution is 0.222. The van der Waals surface area contributed by atoms with Crippen LogP contribution in [-0.4, -0.2) is 46.5 Å². The normalized spacial score (nSPS) is 17.3. The molecule has 1 aromatic heterocycles. The van der Waals surface area contributed by atoms with Crippen LogP contribution >= 0.6 is 24.0 Å². The van der Waals surface area contributed by atoms with Crippen molar-refractivity contribution in [3.05, 3.63) is 41.5 Å². The summed E-state index contributed by atoms with van der Waals surface area (Å²) >= 11 is 0. The first-order chi connectivity index (χ1) is 13.5. The minimum absolute atomic E-state index is 0. The van der Waals surface area contributed by atoms with Crippen LogP contribution in [0.2, 0.25) is 0 Å². The van der Waals surface area contributed by atoms with E-state index in [0.717, 1.165) is 48.3 Å². The molecule has 29 heavy (non-hydrogen) atoms. The first kappa shape index (κ1) is 23.4. The summed E-state index contributed by atoms with van der Waals surface area (Å²) in [6.07, 6.45) is 1.98. The Balaban J connectivity index is 0.00000300. The van der Waals surface area contributed by atoms with Crippen molar-refractivity contribution in [1.82, 2.24) is 25.4 Å². The molecular formula is C21H33IN6O. The second kappa shape index (κ2) is 10.8. The predicted molar refractivity (Wildman–Crippen MR) is 127 cm³/mol. The number of halogens is 1. The van der Waals surface area contributed by atoms with E-state index in [9.17, 15) is 0 Å². The summed E-state index contributed by atoms with van der Waals surface area (Å²) in [7, 11) is 1.79. The van der Waals surface area contributed by atoms with Gasteiger partial charge in [-0.05, 0) is 31.9 Å². The Morgan fingerprint density at radius 1 is 1.31 bits per heavy atom. The van der Waals surface area contributed by atoms with Gasteiger partial charge in [-0.1, -0.05) is 32.0 Å². The Labute approximate surface area is 190 Å². The van der Waals surface area contributed by atoms with Gasteiger partial charge in [-0.15, -0.1) is 24.0 Å². The standard InChI is InChI=1S/C21H32N6O.HI/c1-14(2)20-25-19-11-10-17(13-27(19)26-20)24-21(22-5)23-12-16(4)28-18-9-7-6-8-15(18)3;/h6-9,14,16-17H,10-13H2,1-5H3,(H2,22,23,24);1H. The van der Waals surface area contributed by atoms with Crippen molar-refractivity contribution in [3.63, 3.8) is 0 Å². The maximum Gasteiger partial charge on any atom is 0.191 e. The molecule has 2 atom stereocenters. The molecule has 1 aliphatic rings. The van der Waals surface area contributed by atoms with Crippen molar-refractivity contribution in [3.8, 4) is 5.75 Å². The third-order valence-corrected chi connectivity index (χ3v) is 4.93. The number of guanidine groups is 1. The van der Waals surface area contributed by atoms with Crippen LogP contribution in [0, 0.1) is 6.92 Å². The number of hydrogen-bond acceptors (Lipinski definition) is 4. The highest BCUT2D eigenvalue weighted by atomic mass is 127. The molecule has 0 aliphatic carbocycles. The van der Waals surface area contributed by atoms with Gasteiger partial charge in [0.15, 0.2) is 11.8 Å². The summed E-state index contributed by atoms with van der Waals surface area (Å²) in [5.74, 6) is 4.09. The average molecular weight is 512 g/mol. The molecule has 2 unspecified atom stereocenters. The highest BCUT2D eigenvalue weighted by Gasteiger charge is 2.23. The van der Waals surface area contributed by atoms with Crippen LogP contribution in [0.5, 0.6) is 5.75 Å². The van der Waals surface area contributed by atoms with Gasteiger partial charge >= 0.3 is 0 Å². The van der Waals surface area contributed by atoms with E-state index >= 15 is 0 Å². The monoisotopic (exact) mass is 512 g/mol. The summed E-state index contributed by atoms with van der Waals surface area (Å²) in [5, 5.41) is 11.5. The average Bonchev–Trinajstić information content (AvgIpc) is 3.10. The molecular weight excluding hydrogens is 479 g/mol. The van der Waals surface area contributed by atoms with Crippen molar-refractivity contribution in [2.75, 3.05) is 13.6 Å². The zero-order valence-electron chi connectivity index (χ0n) is 18.0. The number of aliphatic imine (C=N–C) groups is 1. The summed E-state index contributed by atoms with van der Waals surface area (Å²) in [4.78, 5) is 9.01. The van der Waals surface area contributed by atoms with E-state index in [4.69, 9.17) is 4.74 Å². The largest absolute Gasteiger partial charge is 0.489 e. The fourth-order valence-corrected chi connectivity index (χ4v) is 3.27. The van der Waals surface area contributed by atoms with Gasteiger partial charge in [0.1, 0.15) is 17.7 Å². The zero-order chi connectivity index (χ0) is 20.1. The van der Waals surface area contributed by atoms with Crippen LogP contribution < -0.4 is 15.4 Å². The third-order valence-electron chi connectivity index (χ3n) is 4.93. The van der Waals surface area contributed by atoms with E-state index in [0.29, 0.717) is 12.5 Å². The summed E-state index contributed by atoms with van der Waals surface area (Å²) in [6, 6.07) is 8.36. The first-order valence-corrected chi connectivity index (χ1v) is 10.1. The fourth-order valence-electron chi connectivity index (χ4n) is 3.27. The van der Waals surface area contributed by atoms with E-state index in [-0.39, 0.29) is 36.1 Å². The number of rotatable bonds is 6. The molecule has 7 nitrogen and oxygen atoms in total. The van der Waals surface area contributed by atoms with E-state index < -0.39 is 0 Å². The van der Waals surface area contributed by atoms with Crippen LogP contribution in [0.3, 0.4) is 0 Å². The molecule has 0 saturated heterocycles. The first-order valence-electron chi connectivity index (χ1n) is 10.1. The van der Waals surface area contributed by atoms with Gasteiger partial charge in [0.05, 0.1) is 13.1 Å². The maximum atomic E-state index is 6.03. The quantitative estimate of drug-likeness (QED) is 0.353. The van der Waals surface area contributed by atoms with Crippen molar-refractivity contribution in [2.24, 2.45) is 4.99 Å². The lowest BCUT2D eigenvalue weighted by atomic mass is 10.1. The highest BCUT2D eigenvalue weighted by molar-refractivity contribution is 14.0. The Morgan fingerprint density at radius 2 is 2.07 bits per heavy atom. The number of benzene rings is 1. The van der Waals surface area contributed by atoms with E-state index in [1.807, 2.05) is 22.9 Å². The molecule has 8 heteroatoms. The molecule has 2 aromatic rings. The second-order valence-corrected chi connectivity index (χ2v) is 7.75. The van der Waals surface area contributed by atoms with Crippen LogP contribution in [0.1, 0.15) is 50.3 Å². The fraction of sp³-hybridized carbons (Fsp3) is 0.571. The third kappa shape index (κ3) is 6.32. The van der Waals surface area contributed by atoms with Crippen LogP contribution in [0.25, 0.3) is 0 Å². The Morgan fingerprint density at radius 3 is 2.76 bits per heavy atom. The summed E-state index contributed by atoms with van der Waals surface area (Å²) in [5.41, 5.74) is 1.14. The van der Waals surface area contributed by atoms with E-state index in [1.165, 1.54) is 0 Å². The molecule has 0 amide bonds. The van der Waals surface area contributed by atoms with Gasteiger partial charge < -0.3 is 15.4 Å².